The third kappa shape index (κ3) is 3.33. The Hall–Kier alpha value is -3.90. The highest BCUT2D eigenvalue weighted by Gasteiger charge is 2.38. The van der Waals surface area contributed by atoms with Crippen molar-refractivity contribution in [2.45, 2.75) is 12.1 Å². The number of aliphatic hydroxyl groups is 1. The molecule has 1 aliphatic rings. The molecule has 0 fully saturated rings. The van der Waals surface area contributed by atoms with Gasteiger partial charge in [-0.05, 0) is 17.6 Å². The second-order valence-electron chi connectivity index (χ2n) is 6.90. The van der Waals surface area contributed by atoms with Gasteiger partial charge in [-0.25, -0.2) is 4.68 Å². The first-order valence-corrected chi connectivity index (χ1v) is 9.27. The summed E-state index contributed by atoms with van der Waals surface area (Å²) in [4.78, 5) is 26.0. The molecule has 0 saturated heterocycles. The van der Waals surface area contributed by atoms with E-state index >= 15 is 0 Å². The fourth-order valence-electron chi connectivity index (χ4n) is 3.66. The maximum Gasteiger partial charge on any atom is 0.275 e. The van der Waals surface area contributed by atoms with Gasteiger partial charge in [0.1, 0.15) is 18.3 Å². The summed E-state index contributed by atoms with van der Waals surface area (Å²) >= 11 is 0. The van der Waals surface area contributed by atoms with Crippen LogP contribution in [0.2, 0.25) is 0 Å². The van der Waals surface area contributed by atoms with Crippen LogP contribution < -0.4 is 5.43 Å². The van der Waals surface area contributed by atoms with Crippen LogP contribution in [0.15, 0.2) is 53.6 Å². The highest BCUT2D eigenvalue weighted by atomic mass is 16.3. The second-order valence-corrected chi connectivity index (χ2v) is 6.90. The Morgan fingerprint density at radius 3 is 2.73 bits per heavy atom. The van der Waals surface area contributed by atoms with Gasteiger partial charge >= 0.3 is 0 Å². The van der Waals surface area contributed by atoms with Crippen molar-refractivity contribution in [1.29, 1.82) is 0 Å². The number of carbonyl (C=O) groups is 1. The molecule has 0 saturated carbocycles. The fraction of sp³-hybridized carbons (Fsp3) is 0.238. The third-order valence-corrected chi connectivity index (χ3v) is 5.00. The van der Waals surface area contributed by atoms with Crippen LogP contribution in [0.25, 0.3) is 0 Å². The first-order chi connectivity index (χ1) is 14.5. The van der Waals surface area contributed by atoms with E-state index in [1.54, 1.807) is 24.0 Å². The predicted octanol–water partition coefficient (Wildman–Crippen LogP) is 0.406. The lowest BCUT2D eigenvalue weighted by Crippen LogP contribution is -2.46. The van der Waals surface area contributed by atoms with Gasteiger partial charge in [0, 0.05) is 19.8 Å². The van der Waals surface area contributed by atoms with Gasteiger partial charge in [-0.2, -0.15) is 10.2 Å². The molecule has 2 atom stereocenters. The molecule has 1 aliphatic heterocycles. The molecule has 3 heterocycles. The smallest absolute Gasteiger partial charge is 0.275 e. The van der Waals surface area contributed by atoms with Gasteiger partial charge < -0.3 is 15.1 Å². The Morgan fingerprint density at radius 1 is 1.23 bits per heavy atom. The first kappa shape index (κ1) is 19.4. The van der Waals surface area contributed by atoms with Crippen molar-refractivity contribution < 1.29 is 15.0 Å². The Labute approximate surface area is 171 Å². The molecule has 9 heteroatoms. The van der Waals surface area contributed by atoms with Crippen molar-refractivity contribution in [3.05, 3.63) is 76.0 Å². The minimum atomic E-state index is -0.708. The molecule has 0 spiro atoms. The number of nitrogens with zero attached hydrogens (tertiary/aromatic N) is 5. The SMILES string of the molecule is CN1CC(C(c2ccccc2)n2ccc(C#CCO)n2)n2ncc(=O)c(O)c2C1=O. The summed E-state index contributed by atoms with van der Waals surface area (Å²) in [7, 11) is 1.61. The molecule has 0 aliphatic carbocycles. The Balaban J connectivity index is 1.90. The highest BCUT2D eigenvalue weighted by molar-refractivity contribution is 5.95. The van der Waals surface area contributed by atoms with Gasteiger partial charge in [0.2, 0.25) is 5.43 Å². The molecule has 0 radical (unpaired) electrons. The number of likely N-dealkylation sites (N-methyl/N-ethyl adjacent to an activating group) is 1. The van der Waals surface area contributed by atoms with Gasteiger partial charge in [0.15, 0.2) is 11.4 Å². The number of aromatic nitrogens is 4. The molecule has 3 aromatic rings. The monoisotopic (exact) mass is 405 g/mol. The number of fused-ring (bicyclic) bond motifs is 1. The molecule has 2 N–H and O–H groups in total. The minimum absolute atomic E-state index is 0.144. The third-order valence-electron chi connectivity index (χ3n) is 5.00. The molecular weight excluding hydrogens is 386 g/mol. The summed E-state index contributed by atoms with van der Waals surface area (Å²) in [5, 5.41) is 27.9. The summed E-state index contributed by atoms with van der Waals surface area (Å²) in [5.74, 6) is 4.25. The van der Waals surface area contributed by atoms with Crippen LogP contribution in [0, 0.1) is 11.8 Å². The number of amides is 1. The molecule has 0 bridgehead atoms. The largest absolute Gasteiger partial charge is 0.502 e. The zero-order valence-corrected chi connectivity index (χ0v) is 16.1. The summed E-state index contributed by atoms with van der Waals surface area (Å²) < 4.78 is 3.11. The molecule has 1 amide bonds. The zero-order valence-electron chi connectivity index (χ0n) is 16.1. The summed E-state index contributed by atoms with van der Waals surface area (Å²) in [5.41, 5.74) is 0.539. The van der Waals surface area contributed by atoms with E-state index in [9.17, 15) is 14.7 Å². The van der Waals surface area contributed by atoms with Crippen molar-refractivity contribution in [3.63, 3.8) is 0 Å². The maximum absolute atomic E-state index is 12.7. The highest BCUT2D eigenvalue weighted by Crippen LogP contribution is 2.35. The van der Waals surface area contributed by atoms with Crippen LogP contribution in [-0.2, 0) is 0 Å². The minimum Gasteiger partial charge on any atom is -0.502 e. The summed E-state index contributed by atoms with van der Waals surface area (Å²) in [6.45, 7) is 0.0205. The van der Waals surface area contributed by atoms with E-state index in [-0.39, 0.29) is 18.8 Å². The van der Waals surface area contributed by atoms with E-state index < -0.39 is 29.2 Å². The van der Waals surface area contributed by atoms with Crippen molar-refractivity contribution >= 4 is 5.91 Å². The van der Waals surface area contributed by atoms with Crippen LogP contribution >= 0.6 is 0 Å². The average molecular weight is 405 g/mol. The molecule has 4 rings (SSSR count). The van der Waals surface area contributed by atoms with Crippen LogP contribution in [0.5, 0.6) is 5.75 Å². The van der Waals surface area contributed by atoms with Gasteiger partial charge in [-0.1, -0.05) is 36.3 Å². The molecule has 30 heavy (non-hydrogen) atoms. The van der Waals surface area contributed by atoms with Crippen molar-refractivity contribution in [2.24, 2.45) is 0 Å². The normalized spacial score (nSPS) is 16.5. The lowest BCUT2D eigenvalue weighted by Gasteiger charge is -2.37. The predicted molar refractivity (Wildman–Crippen MR) is 107 cm³/mol. The van der Waals surface area contributed by atoms with Crippen molar-refractivity contribution in [2.75, 3.05) is 20.2 Å². The Kier molecular flexibility index (Phi) is 5.08. The van der Waals surface area contributed by atoms with Crippen LogP contribution in [-0.4, -0.2) is 60.8 Å². The number of aliphatic hydroxyl groups excluding tert-OH is 1. The van der Waals surface area contributed by atoms with Crippen LogP contribution in [0.4, 0.5) is 0 Å². The lowest BCUT2D eigenvalue weighted by molar-refractivity contribution is 0.0667. The second kappa shape index (κ2) is 7.85. The number of carbonyl (C=O) groups excluding carboxylic acids is 1. The Morgan fingerprint density at radius 2 is 2.00 bits per heavy atom. The topological polar surface area (TPSA) is 113 Å². The average Bonchev–Trinajstić information content (AvgIpc) is 3.21. The molecule has 9 nitrogen and oxygen atoms in total. The van der Waals surface area contributed by atoms with Gasteiger partial charge in [-0.3, -0.25) is 14.3 Å². The molecule has 152 valence electrons. The fourth-order valence-corrected chi connectivity index (χ4v) is 3.66. The van der Waals surface area contributed by atoms with E-state index in [0.29, 0.717) is 5.69 Å². The molecule has 1 aromatic carbocycles. The van der Waals surface area contributed by atoms with E-state index in [4.69, 9.17) is 5.11 Å². The van der Waals surface area contributed by atoms with E-state index in [0.717, 1.165) is 11.8 Å². The number of hydrogen-bond acceptors (Lipinski definition) is 6. The van der Waals surface area contributed by atoms with Gasteiger partial charge in [-0.15, -0.1) is 0 Å². The van der Waals surface area contributed by atoms with E-state index in [1.165, 1.54) is 9.58 Å². The molecular formula is C21H19N5O4. The first-order valence-electron chi connectivity index (χ1n) is 9.27. The Bertz CT molecular complexity index is 1210. The van der Waals surface area contributed by atoms with E-state index in [2.05, 4.69) is 22.0 Å². The quantitative estimate of drug-likeness (QED) is 0.610. The van der Waals surface area contributed by atoms with Crippen LogP contribution in [0.3, 0.4) is 0 Å². The van der Waals surface area contributed by atoms with Gasteiger partial charge in [0.05, 0.1) is 12.2 Å². The number of aromatic hydroxyl groups is 1. The summed E-state index contributed by atoms with van der Waals surface area (Å²) in [6, 6.07) is 10.4. The summed E-state index contributed by atoms with van der Waals surface area (Å²) in [6.07, 6.45) is 2.77. The maximum atomic E-state index is 12.7. The lowest BCUT2D eigenvalue weighted by atomic mass is 9.97. The number of rotatable bonds is 3. The molecule has 2 aromatic heterocycles. The van der Waals surface area contributed by atoms with Gasteiger partial charge in [0.25, 0.3) is 5.91 Å². The van der Waals surface area contributed by atoms with Crippen LogP contribution in [0.1, 0.15) is 33.8 Å². The zero-order chi connectivity index (χ0) is 21.3. The number of hydrogen-bond donors (Lipinski definition) is 2. The van der Waals surface area contributed by atoms with Crippen molar-refractivity contribution in [1.82, 2.24) is 24.5 Å². The standard InChI is InChI=1S/C21H19N5O4/c1-24-13-16(26-19(21(24)30)20(29)17(28)12-22-26)18(14-6-3-2-4-7-14)25-10-9-15(23-25)8-5-11-27/h2-4,6-7,9-10,12,16,18,27,29H,11,13H2,1H3. The number of benzene rings is 1. The van der Waals surface area contributed by atoms with E-state index in [1.807, 2.05) is 30.3 Å². The van der Waals surface area contributed by atoms with Crippen molar-refractivity contribution in [3.8, 4) is 17.6 Å². The molecule has 2 unspecified atom stereocenters.